The molecule has 8 heteroatoms. The van der Waals surface area contributed by atoms with E-state index in [0.717, 1.165) is 5.56 Å². The molecule has 0 saturated carbocycles. The lowest BCUT2D eigenvalue weighted by Gasteiger charge is -2.19. The number of ether oxygens (including phenoxy) is 3. The van der Waals surface area contributed by atoms with Gasteiger partial charge >= 0.3 is 0 Å². The molecule has 0 aliphatic carbocycles. The first-order valence-corrected chi connectivity index (χ1v) is 9.37. The Labute approximate surface area is 172 Å². The summed E-state index contributed by atoms with van der Waals surface area (Å²) < 4.78 is 15.9. The maximum Gasteiger partial charge on any atom is 0.262 e. The van der Waals surface area contributed by atoms with E-state index in [9.17, 15) is 14.4 Å². The van der Waals surface area contributed by atoms with Crippen molar-refractivity contribution in [3.05, 3.63) is 62.4 Å². The molecule has 0 atom stereocenters. The normalized spacial score (nSPS) is 12.7. The number of methoxy groups -OCH3 is 2. The van der Waals surface area contributed by atoms with E-state index >= 15 is 0 Å². The minimum absolute atomic E-state index is 0.0845. The van der Waals surface area contributed by atoms with Crippen LogP contribution in [0, 0.1) is 0 Å². The van der Waals surface area contributed by atoms with Gasteiger partial charge in [-0.3, -0.25) is 14.4 Å². The third-order valence-corrected chi connectivity index (χ3v) is 4.98. The molecule has 0 spiro atoms. The molecule has 0 unspecified atom stereocenters. The van der Waals surface area contributed by atoms with Gasteiger partial charge < -0.3 is 24.8 Å². The molecule has 1 aliphatic heterocycles. The molecular formula is C22H20N2O6. The number of benzene rings is 2. The van der Waals surface area contributed by atoms with Crippen molar-refractivity contribution in [2.45, 2.75) is 6.42 Å². The van der Waals surface area contributed by atoms with E-state index in [4.69, 9.17) is 14.2 Å². The summed E-state index contributed by atoms with van der Waals surface area (Å²) >= 11 is 0. The Hall–Kier alpha value is -3.81. The predicted molar refractivity (Wildman–Crippen MR) is 113 cm³/mol. The number of fused-ring (bicyclic) bond motifs is 1. The number of rotatable bonds is 7. The van der Waals surface area contributed by atoms with Gasteiger partial charge in [0.2, 0.25) is 10.9 Å². The van der Waals surface area contributed by atoms with Crippen molar-refractivity contribution in [2.24, 2.45) is 0 Å². The summed E-state index contributed by atoms with van der Waals surface area (Å²) in [5.74, 6) is 1.51. The number of hydrogen-bond donors (Lipinski definition) is 2. The van der Waals surface area contributed by atoms with E-state index in [0.29, 0.717) is 52.7 Å². The number of nitrogens with one attached hydrogen (secondary N) is 2. The Balaban J connectivity index is 1.50. The lowest BCUT2D eigenvalue weighted by Crippen LogP contribution is -2.36. The number of carbonyl (C=O) groups is 1. The Morgan fingerprint density at radius 3 is 2.57 bits per heavy atom. The van der Waals surface area contributed by atoms with Crippen LogP contribution < -0.4 is 35.7 Å². The fourth-order valence-corrected chi connectivity index (χ4v) is 3.43. The number of anilines is 2. The second-order valence-corrected chi connectivity index (χ2v) is 6.82. The van der Waals surface area contributed by atoms with Crippen LogP contribution in [0.1, 0.15) is 5.56 Å². The average molecular weight is 408 g/mol. The first-order valence-electron chi connectivity index (χ1n) is 9.37. The minimum atomic E-state index is -0.539. The van der Waals surface area contributed by atoms with E-state index in [-0.39, 0.29) is 12.5 Å². The number of hydrogen-bond acceptors (Lipinski definition) is 7. The fourth-order valence-electron chi connectivity index (χ4n) is 3.43. The van der Waals surface area contributed by atoms with Crippen LogP contribution in [0.4, 0.5) is 11.4 Å². The van der Waals surface area contributed by atoms with E-state index in [2.05, 4.69) is 10.6 Å². The summed E-state index contributed by atoms with van der Waals surface area (Å²) in [5, 5.41) is 5.77. The van der Waals surface area contributed by atoms with Crippen molar-refractivity contribution in [3.63, 3.8) is 0 Å². The number of amides is 1. The second kappa shape index (κ2) is 7.90. The molecule has 30 heavy (non-hydrogen) atoms. The molecule has 0 aromatic heterocycles. The van der Waals surface area contributed by atoms with Gasteiger partial charge in [-0.2, -0.15) is 0 Å². The molecule has 0 saturated heterocycles. The van der Waals surface area contributed by atoms with Gasteiger partial charge in [-0.15, -0.1) is 0 Å². The van der Waals surface area contributed by atoms with Gasteiger partial charge in [0.05, 0.1) is 31.2 Å². The highest BCUT2D eigenvalue weighted by Crippen LogP contribution is 2.34. The highest BCUT2D eigenvalue weighted by molar-refractivity contribution is 5.96. The Bertz CT molecular complexity index is 1190. The maximum absolute atomic E-state index is 12.2. The van der Waals surface area contributed by atoms with Crippen LogP contribution in [0.2, 0.25) is 0 Å². The zero-order valence-corrected chi connectivity index (χ0v) is 16.5. The van der Waals surface area contributed by atoms with Crippen LogP contribution in [0.15, 0.2) is 46.0 Å². The van der Waals surface area contributed by atoms with Gasteiger partial charge in [0.15, 0.2) is 18.1 Å². The summed E-state index contributed by atoms with van der Waals surface area (Å²) in [6.45, 7) is 0.379. The Morgan fingerprint density at radius 1 is 1.00 bits per heavy atom. The van der Waals surface area contributed by atoms with Crippen LogP contribution in [0.25, 0.3) is 11.1 Å². The highest BCUT2D eigenvalue weighted by atomic mass is 16.5. The van der Waals surface area contributed by atoms with Gasteiger partial charge in [0.25, 0.3) is 5.91 Å². The summed E-state index contributed by atoms with van der Waals surface area (Å²) in [6.07, 6.45) is 0.623. The molecule has 0 bridgehead atoms. The van der Waals surface area contributed by atoms with Crippen LogP contribution in [0.5, 0.6) is 17.2 Å². The lowest BCUT2D eigenvalue weighted by atomic mass is 9.97. The molecule has 0 radical (unpaired) electrons. The smallest absolute Gasteiger partial charge is 0.262 e. The summed E-state index contributed by atoms with van der Waals surface area (Å²) in [6, 6.07) is 10.6. The molecule has 3 aromatic rings. The van der Waals surface area contributed by atoms with Crippen molar-refractivity contribution in [1.82, 2.24) is 0 Å². The van der Waals surface area contributed by atoms with Crippen molar-refractivity contribution in [3.8, 4) is 28.4 Å². The third kappa shape index (κ3) is 3.47. The molecule has 1 heterocycles. The lowest BCUT2D eigenvalue weighted by molar-refractivity contribution is -0.118. The molecule has 1 aliphatic rings. The van der Waals surface area contributed by atoms with Crippen molar-refractivity contribution < 1.29 is 19.0 Å². The van der Waals surface area contributed by atoms with E-state index in [1.54, 1.807) is 32.4 Å². The SMILES string of the molecule is COc1ccc(CCNc2c(-c3ccc4c(c3)OCC(=O)N4)c(=O)c2=O)cc1OC. The topological polar surface area (TPSA) is 103 Å². The third-order valence-electron chi connectivity index (χ3n) is 4.98. The molecule has 3 aromatic carbocycles. The largest absolute Gasteiger partial charge is 0.493 e. The number of carbonyl (C=O) groups excluding carboxylic acids is 1. The van der Waals surface area contributed by atoms with Crippen LogP contribution in [-0.4, -0.2) is 33.3 Å². The minimum Gasteiger partial charge on any atom is -0.493 e. The van der Waals surface area contributed by atoms with Crippen molar-refractivity contribution in [1.29, 1.82) is 0 Å². The van der Waals surface area contributed by atoms with Gasteiger partial charge in [0, 0.05) is 6.54 Å². The second-order valence-electron chi connectivity index (χ2n) is 6.82. The quantitative estimate of drug-likeness (QED) is 0.576. The standard InChI is InChI=1S/C22H20N2O6/c1-28-15-6-3-12(9-17(15)29-2)7-8-23-20-19(21(26)22(20)27)13-4-5-14-16(10-13)30-11-18(25)24-14/h3-6,9-10,23H,7-8,11H2,1-2H3,(H,24,25). The van der Waals surface area contributed by atoms with Crippen LogP contribution >= 0.6 is 0 Å². The van der Waals surface area contributed by atoms with E-state index in [1.807, 2.05) is 18.2 Å². The Kier molecular flexibility index (Phi) is 5.14. The van der Waals surface area contributed by atoms with Gasteiger partial charge in [-0.25, -0.2) is 0 Å². The molecule has 1 amide bonds. The fraction of sp³-hybridized carbons (Fsp3) is 0.227. The molecular weight excluding hydrogens is 388 g/mol. The molecule has 4 rings (SSSR count). The first kappa shape index (κ1) is 19.5. The van der Waals surface area contributed by atoms with Gasteiger partial charge in [-0.05, 0) is 41.8 Å². The van der Waals surface area contributed by atoms with Crippen molar-refractivity contribution in [2.75, 3.05) is 38.0 Å². The first-order chi connectivity index (χ1) is 14.5. The summed E-state index contributed by atoms with van der Waals surface area (Å²) in [4.78, 5) is 35.7. The van der Waals surface area contributed by atoms with Crippen LogP contribution in [-0.2, 0) is 11.2 Å². The average Bonchev–Trinajstić information content (AvgIpc) is 2.77. The molecule has 154 valence electrons. The van der Waals surface area contributed by atoms with Crippen molar-refractivity contribution >= 4 is 17.3 Å². The van der Waals surface area contributed by atoms with Gasteiger partial charge in [0.1, 0.15) is 5.75 Å². The van der Waals surface area contributed by atoms with E-state index in [1.165, 1.54) is 0 Å². The van der Waals surface area contributed by atoms with Gasteiger partial charge in [-0.1, -0.05) is 12.1 Å². The zero-order valence-electron chi connectivity index (χ0n) is 16.5. The van der Waals surface area contributed by atoms with Crippen LogP contribution in [0.3, 0.4) is 0 Å². The monoisotopic (exact) mass is 408 g/mol. The Morgan fingerprint density at radius 2 is 1.80 bits per heavy atom. The molecule has 2 N–H and O–H groups in total. The molecule has 8 nitrogen and oxygen atoms in total. The zero-order chi connectivity index (χ0) is 21.3. The highest BCUT2D eigenvalue weighted by Gasteiger charge is 2.24. The summed E-state index contributed by atoms with van der Waals surface area (Å²) in [5.41, 5.74) is 1.65. The predicted octanol–water partition coefficient (Wildman–Crippen LogP) is 1.95. The van der Waals surface area contributed by atoms with E-state index < -0.39 is 10.9 Å². The molecule has 0 fully saturated rings. The summed E-state index contributed by atoms with van der Waals surface area (Å²) in [7, 11) is 3.15. The maximum atomic E-state index is 12.2.